The number of rotatable bonds is 2. The second-order valence-corrected chi connectivity index (χ2v) is 3.23. The Labute approximate surface area is 99.6 Å². The minimum atomic E-state index is 0. The predicted octanol–water partition coefficient (Wildman–Crippen LogP) is 3.40. The summed E-state index contributed by atoms with van der Waals surface area (Å²) in [6, 6.07) is 7.74. The highest BCUT2D eigenvalue weighted by molar-refractivity contribution is 6.18. The Balaban J connectivity index is 0.00000112. The lowest BCUT2D eigenvalue weighted by molar-refractivity contribution is 0.419. The van der Waals surface area contributed by atoms with Crippen LogP contribution >= 0.6 is 24.0 Å². The quantitative estimate of drug-likeness (QED) is 0.755. The van der Waals surface area contributed by atoms with E-state index in [-0.39, 0.29) is 12.4 Å². The third kappa shape index (κ3) is 2.16. The second-order valence-electron chi connectivity index (χ2n) is 2.96. The molecule has 0 spiro atoms. The zero-order valence-electron chi connectivity index (χ0n) is 8.24. The molecule has 1 aromatic heterocycles. The molecule has 0 aliphatic heterocycles. The van der Waals surface area contributed by atoms with Gasteiger partial charge in [0.15, 0.2) is 0 Å². The van der Waals surface area contributed by atoms with Gasteiger partial charge >= 0.3 is 0 Å². The Morgan fingerprint density at radius 3 is 2.80 bits per heavy atom. The summed E-state index contributed by atoms with van der Waals surface area (Å²) in [6.45, 7) is 0. The van der Waals surface area contributed by atoms with Crippen molar-refractivity contribution in [2.24, 2.45) is 0 Å². The van der Waals surface area contributed by atoms with Gasteiger partial charge in [-0.05, 0) is 23.8 Å². The third-order valence-electron chi connectivity index (χ3n) is 2.18. The molecule has 0 aliphatic carbocycles. The number of hydrogen-bond acceptors (Lipinski definition) is 2. The van der Waals surface area contributed by atoms with Gasteiger partial charge in [-0.3, -0.25) is 4.98 Å². The van der Waals surface area contributed by atoms with E-state index < -0.39 is 0 Å². The topological polar surface area (TPSA) is 22.1 Å². The van der Waals surface area contributed by atoms with Gasteiger partial charge in [0.05, 0.1) is 12.6 Å². The summed E-state index contributed by atoms with van der Waals surface area (Å²) in [5, 5.41) is 1.01. The van der Waals surface area contributed by atoms with Crippen LogP contribution in [0, 0.1) is 0 Å². The van der Waals surface area contributed by atoms with Crippen molar-refractivity contribution < 1.29 is 4.74 Å². The molecule has 0 saturated heterocycles. The van der Waals surface area contributed by atoms with Gasteiger partial charge in [0, 0.05) is 17.5 Å². The van der Waals surface area contributed by atoms with E-state index in [1.54, 1.807) is 13.3 Å². The number of benzene rings is 1. The first-order valence-electron chi connectivity index (χ1n) is 4.33. The first-order valence-corrected chi connectivity index (χ1v) is 4.87. The number of methoxy groups -OCH3 is 1. The van der Waals surface area contributed by atoms with Gasteiger partial charge in [0.25, 0.3) is 0 Å². The molecular weight excluding hydrogens is 233 g/mol. The maximum atomic E-state index is 5.82. The summed E-state index contributed by atoms with van der Waals surface area (Å²) in [6.07, 6.45) is 1.76. The van der Waals surface area contributed by atoms with E-state index >= 15 is 0 Å². The van der Waals surface area contributed by atoms with Crippen molar-refractivity contribution >= 4 is 34.9 Å². The molecule has 0 N–H and O–H groups in total. The smallest absolute Gasteiger partial charge is 0.128 e. The van der Waals surface area contributed by atoms with Crippen molar-refractivity contribution in [2.75, 3.05) is 7.11 Å². The number of aromatic nitrogens is 1. The molecule has 0 saturated carbocycles. The highest BCUT2D eigenvalue weighted by atomic mass is 35.5. The minimum absolute atomic E-state index is 0. The summed E-state index contributed by atoms with van der Waals surface area (Å²) >= 11 is 5.82. The van der Waals surface area contributed by atoms with Crippen molar-refractivity contribution in [1.29, 1.82) is 0 Å². The van der Waals surface area contributed by atoms with E-state index in [1.807, 2.05) is 24.3 Å². The molecule has 0 fully saturated rings. The van der Waals surface area contributed by atoms with Crippen LogP contribution in [0.5, 0.6) is 5.75 Å². The summed E-state index contributed by atoms with van der Waals surface area (Å²) in [5.74, 6) is 1.30. The molecule has 2 rings (SSSR count). The Kier molecular flexibility index (Phi) is 4.18. The van der Waals surface area contributed by atoms with Gasteiger partial charge in [-0.15, -0.1) is 24.0 Å². The SMILES string of the molecule is COc1ccc(CCl)c2ncccc12.Cl. The summed E-state index contributed by atoms with van der Waals surface area (Å²) in [5.41, 5.74) is 1.95. The van der Waals surface area contributed by atoms with E-state index in [2.05, 4.69) is 4.98 Å². The Morgan fingerprint density at radius 1 is 1.33 bits per heavy atom. The van der Waals surface area contributed by atoms with E-state index in [4.69, 9.17) is 16.3 Å². The van der Waals surface area contributed by atoms with Gasteiger partial charge in [-0.1, -0.05) is 6.07 Å². The summed E-state index contributed by atoms with van der Waals surface area (Å²) < 4.78 is 5.24. The molecule has 2 aromatic rings. The highest BCUT2D eigenvalue weighted by Crippen LogP contribution is 2.27. The average molecular weight is 244 g/mol. The van der Waals surface area contributed by atoms with Gasteiger partial charge in [-0.2, -0.15) is 0 Å². The lowest BCUT2D eigenvalue weighted by Gasteiger charge is -2.07. The molecule has 15 heavy (non-hydrogen) atoms. The number of hydrogen-bond donors (Lipinski definition) is 0. The monoisotopic (exact) mass is 243 g/mol. The van der Waals surface area contributed by atoms with Crippen LogP contribution in [0.2, 0.25) is 0 Å². The molecule has 0 aliphatic rings. The number of ether oxygens (including phenoxy) is 1. The van der Waals surface area contributed by atoms with Crippen LogP contribution in [0.4, 0.5) is 0 Å². The third-order valence-corrected chi connectivity index (χ3v) is 2.47. The molecule has 2 nitrogen and oxygen atoms in total. The summed E-state index contributed by atoms with van der Waals surface area (Å²) in [7, 11) is 1.65. The van der Waals surface area contributed by atoms with Crippen LogP contribution in [0.1, 0.15) is 5.56 Å². The number of halogens is 2. The second kappa shape index (κ2) is 5.19. The lowest BCUT2D eigenvalue weighted by Crippen LogP contribution is -1.90. The molecule has 0 atom stereocenters. The Morgan fingerprint density at radius 2 is 2.13 bits per heavy atom. The Bertz CT molecular complexity index is 417. The normalized spacial score (nSPS) is 9.73. The van der Waals surface area contributed by atoms with Crippen molar-refractivity contribution in [3.63, 3.8) is 0 Å². The standard InChI is InChI=1S/C11H10ClNO.ClH/c1-14-10-5-4-8(7-12)11-9(10)3-2-6-13-11;/h2-6H,7H2,1H3;1H. The van der Waals surface area contributed by atoms with E-state index in [9.17, 15) is 0 Å². The fourth-order valence-electron chi connectivity index (χ4n) is 1.49. The zero-order chi connectivity index (χ0) is 9.97. The van der Waals surface area contributed by atoms with Gasteiger partial charge in [0.2, 0.25) is 0 Å². The maximum Gasteiger partial charge on any atom is 0.128 e. The van der Waals surface area contributed by atoms with Gasteiger partial charge < -0.3 is 4.74 Å². The van der Waals surface area contributed by atoms with E-state index in [1.165, 1.54) is 0 Å². The first kappa shape index (κ1) is 12.1. The molecule has 1 heterocycles. The average Bonchev–Trinajstić information content (AvgIpc) is 2.27. The molecule has 1 aromatic carbocycles. The first-order chi connectivity index (χ1) is 6.86. The van der Waals surface area contributed by atoms with Crippen LogP contribution in [-0.4, -0.2) is 12.1 Å². The fraction of sp³-hybridized carbons (Fsp3) is 0.182. The maximum absolute atomic E-state index is 5.82. The van der Waals surface area contributed by atoms with Crippen molar-refractivity contribution in [1.82, 2.24) is 4.98 Å². The Hall–Kier alpha value is -0.990. The van der Waals surface area contributed by atoms with Crippen molar-refractivity contribution in [2.45, 2.75) is 5.88 Å². The molecular formula is C11H11Cl2NO. The van der Waals surface area contributed by atoms with E-state index in [0.29, 0.717) is 5.88 Å². The van der Waals surface area contributed by atoms with Gasteiger partial charge in [-0.25, -0.2) is 0 Å². The number of nitrogens with zero attached hydrogens (tertiary/aromatic N) is 1. The molecule has 0 unspecified atom stereocenters. The van der Waals surface area contributed by atoms with Crippen molar-refractivity contribution in [3.8, 4) is 5.75 Å². The summed E-state index contributed by atoms with van der Waals surface area (Å²) in [4.78, 5) is 4.30. The van der Waals surface area contributed by atoms with Crippen LogP contribution in [0.15, 0.2) is 30.5 Å². The molecule has 0 amide bonds. The molecule has 0 bridgehead atoms. The number of alkyl halides is 1. The van der Waals surface area contributed by atoms with Crippen molar-refractivity contribution in [3.05, 3.63) is 36.0 Å². The van der Waals surface area contributed by atoms with E-state index in [0.717, 1.165) is 22.2 Å². The predicted molar refractivity (Wildman–Crippen MR) is 65.1 cm³/mol. The van der Waals surface area contributed by atoms with Crippen LogP contribution in [0.25, 0.3) is 10.9 Å². The van der Waals surface area contributed by atoms with Gasteiger partial charge in [0.1, 0.15) is 5.75 Å². The minimum Gasteiger partial charge on any atom is -0.496 e. The van der Waals surface area contributed by atoms with Crippen LogP contribution in [0.3, 0.4) is 0 Å². The molecule has 0 radical (unpaired) electrons. The highest BCUT2D eigenvalue weighted by Gasteiger charge is 2.05. The molecule has 4 heteroatoms. The number of fused-ring (bicyclic) bond motifs is 1. The molecule has 80 valence electrons. The fourth-order valence-corrected chi connectivity index (χ4v) is 1.71. The lowest BCUT2D eigenvalue weighted by atomic mass is 10.1. The largest absolute Gasteiger partial charge is 0.496 e. The number of pyridine rings is 1. The zero-order valence-corrected chi connectivity index (χ0v) is 9.81. The van der Waals surface area contributed by atoms with Crippen LogP contribution < -0.4 is 4.74 Å². The van der Waals surface area contributed by atoms with Crippen LogP contribution in [-0.2, 0) is 5.88 Å².